The van der Waals surface area contributed by atoms with Crippen LogP contribution in [0.2, 0.25) is 0 Å². The summed E-state index contributed by atoms with van der Waals surface area (Å²) in [6.45, 7) is 3.37. The molecule has 0 radical (unpaired) electrons. The minimum atomic E-state index is 0.506. The molecule has 3 heteroatoms. The van der Waals surface area contributed by atoms with Crippen LogP contribution in [0.15, 0.2) is 42.5 Å². The van der Waals surface area contributed by atoms with E-state index in [9.17, 15) is 0 Å². The molecule has 1 N–H and O–H groups in total. The van der Waals surface area contributed by atoms with Crippen molar-refractivity contribution < 1.29 is 9.47 Å². The Bertz CT molecular complexity index is 567. The molecular formula is C17H21NO2. The zero-order valence-electron chi connectivity index (χ0n) is 12.3. The zero-order valence-corrected chi connectivity index (χ0v) is 12.3. The van der Waals surface area contributed by atoms with Gasteiger partial charge in [0.05, 0.1) is 7.11 Å². The molecular weight excluding hydrogens is 250 g/mol. The highest BCUT2D eigenvalue weighted by Gasteiger charge is 2.06. The lowest BCUT2D eigenvalue weighted by Crippen LogP contribution is -2.07. The van der Waals surface area contributed by atoms with Gasteiger partial charge in [-0.1, -0.05) is 29.8 Å². The van der Waals surface area contributed by atoms with Crippen LogP contribution in [0.1, 0.15) is 16.7 Å². The van der Waals surface area contributed by atoms with Crippen LogP contribution < -0.4 is 14.8 Å². The summed E-state index contributed by atoms with van der Waals surface area (Å²) in [7, 11) is 3.61. The lowest BCUT2D eigenvalue weighted by atomic mass is 10.1. The number of hydrogen-bond acceptors (Lipinski definition) is 3. The lowest BCUT2D eigenvalue weighted by molar-refractivity contribution is 0.293. The molecule has 0 fully saturated rings. The van der Waals surface area contributed by atoms with E-state index >= 15 is 0 Å². The predicted molar refractivity (Wildman–Crippen MR) is 81.3 cm³/mol. The summed E-state index contributed by atoms with van der Waals surface area (Å²) < 4.78 is 11.3. The van der Waals surface area contributed by atoms with Crippen molar-refractivity contribution in [1.29, 1.82) is 0 Å². The van der Waals surface area contributed by atoms with E-state index in [2.05, 4.69) is 24.4 Å². The van der Waals surface area contributed by atoms with Crippen molar-refractivity contribution in [2.24, 2.45) is 0 Å². The van der Waals surface area contributed by atoms with Crippen LogP contribution >= 0.6 is 0 Å². The third kappa shape index (κ3) is 3.52. The Labute approximate surface area is 120 Å². The maximum absolute atomic E-state index is 5.95. The van der Waals surface area contributed by atoms with Crippen LogP contribution in [-0.4, -0.2) is 14.2 Å². The zero-order chi connectivity index (χ0) is 14.4. The highest BCUT2D eigenvalue weighted by molar-refractivity contribution is 5.38. The molecule has 0 aromatic heterocycles. The smallest absolute Gasteiger partial charge is 0.125 e. The van der Waals surface area contributed by atoms with Crippen molar-refractivity contribution in [2.75, 3.05) is 14.2 Å². The second-order valence-electron chi connectivity index (χ2n) is 4.74. The van der Waals surface area contributed by atoms with Crippen LogP contribution in [0, 0.1) is 6.92 Å². The molecule has 2 aromatic rings. The van der Waals surface area contributed by atoms with Crippen LogP contribution in [0.5, 0.6) is 11.5 Å². The van der Waals surface area contributed by atoms with Gasteiger partial charge in [0.25, 0.3) is 0 Å². The molecule has 0 amide bonds. The average molecular weight is 271 g/mol. The number of para-hydroxylation sites is 1. The number of rotatable bonds is 6. The second-order valence-corrected chi connectivity index (χ2v) is 4.74. The summed E-state index contributed by atoms with van der Waals surface area (Å²) in [5.41, 5.74) is 3.42. The third-order valence-corrected chi connectivity index (χ3v) is 3.16. The number of hydrogen-bond donors (Lipinski definition) is 1. The SMILES string of the molecule is CNCc1ccccc1OCc1cc(C)ccc1OC. The first-order chi connectivity index (χ1) is 9.74. The molecule has 0 aliphatic carbocycles. The van der Waals surface area contributed by atoms with E-state index in [1.54, 1.807) is 7.11 Å². The van der Waals surface area contributed by atoms with Gasteiger partial charge in [-0.15, -0.1) is 0 Å². The van der Waals surface area contributed by atoms with Crippen molar-refractivity contribution in [2.45, 2.75) is 20.1 Å². The topological polar surface area (TPSA) is 30.5 Å². The summed E-state index contributed by atoms with van der Waals surface area (Å²) in [5, 5.41) is 3.15. The molecule has 2 rings (SSSR count). The molecule has 106 valence electrons. The van der Waals surface area contributed by atoms with Crippen molar-refractivity contribution >= 4 is 0 Å². The molecule has 0 atom stereocenters. The Morgan fingerprint density at radius 3 is 2.55 bits per heavy atom. The summed E-state index contributed by atoms with van der Waals surface area (Å²) in [6.07, 6.45) is 0. The van der Waals surface area contributed by atoms with E-state index in [1.165, 1.54) is 5.56 Å². The van der Waals surface area contributed by atoms with Gasteiger partial charge in [0.15, 0.2) is 0 Å². The van der Waals surface area contributed by atoms with Gasteiger partial charge in [-0.25, -0.2) is 0 Å². The molecule has 2 aromatic carbocycles. The van der Waals surface area contributed by atoms with Crippen LogP contribution in [0.3, 0.4) is 0 Å². The molecule has 0 spiro atoms. The molecule has 20 heavy (non-hydrogen) atoms. The van der Waals surface area contributed by atoms with Gasteiger partial charge < -0.3 is 14.8 Å². The number of methoxy groups -OCH3 is 1. The predicted octanol–water partition coefficient (Wildman–Crippen LogP) is 3.30. The summed E-state index contributed by atoms with van der Waals surface area (Å²) >= 11 is 0. The minimum absolute atomic E-state index is 0.506. The fourth-order valence-corrected chi connectivity index (χ4v) is 2.16. The van der Waals surface area contributed by atoms with Crippen molar-refractivity contribution in [1.82, 2.24) is 5.32 Å². The Balaban J connectivity index is 2.14. The van der Waals surface area contributed by atoms with Gasteiger partial charge in [0.2, 0.25) is 0 Å². The lowest BCUT2D eigenvalue weighted by Gasteiger charge is -2.13. The fourth-order valence-electron chi connectivity index (χ4n) is 2.16. The van der Waals surface area contributed by atoms with Crippen LogP contribution in [-0.2, 0) is 13.2 Å². The first-order valence-electron chi connectivity index (χ1n) is 6.73. The number of ether oxygens (including phenoxy) is 2. The van der Waals surface area contributed by atoms with E-state index < -0.39 is 0 Å². The first-order valence-corrected chi connectivity index (χ1v) is 6.73. The molecule has 0 heterocycles. The van der Waals surface area contributed by atoms with E-state index in [1.807, 2.05) is 37.4 Å². The number of aryl methyl sites for hydroxylation is 1. The van der Waals surface area contributed by atoms with Crippen LogP contribution in [0.4, 0.5) is 0 Å². The van der Waals surface area contributed by atoms with Gasteiger partial charge in [0, 0.05) is 17.7 Å². The highest BCUT2D eigenvalue weighted by Crippen LogP contribution is 2.24. The van der Waals surface area contributed by atoms with Gasteiger partial charge in [0.1, 0.15) is 18.1 Å². The molecule has 0 aliphatic heterocycles. The fraction of sp³-hybridized carbons (Fsp3) is 0.294. The van der Waals surface area contributed by atoms with Gasteiger partial charge in [-0.05, 0) is 32.2 Å². The van der Waals surface area contributed by atoms with E-state index in [4.69, 9.17) is 9.47 Å². The number of benzene rings is 2. The van der Waals surface area contributed by atoms with Gasteiger partial charge in [-0.2, -0.15) is 0 Å². The molecule has 0 bridgehead atoms. The third-order valence-electron chi connectivity index (χ3n) is 3.16. The minimum Gasteiger partial charge on any atom is -0.496 e. The van der Waals surface area contributed by atoms with E-state index in [-0.39, 0.29) is 0 Å². The Morgan fingerprint density at radius 1 is 1.00 bits per heavy atom. The maximum Gasteiger partial charge on any atom is 0.125 e. The van der Waals surface area contributed by atoms with Crippen molar-refractivity contribution in [3.63, 3.8) is 0 Å². The second kappa shape index (κ2) is 6.96. The van der Waals surface area contributed by atoms with E-state index in [0.717, 1.165) is 29.2 Å². The molecule has 0 saturated heterocycles. The van der Waals surface area contributed by atoms with Gasteiger partial charge >= 0.3 is 0 Å². The summed E-state index contributed by atoms with van der Waals surface area (Å²) in [5.74, 6) is 1.77. The standard InChI is InChI=1S/C17H21NO2/c1-13-8-9-16(19-3)15(10-13)12-20-17-7-5-4-6-14(17)11-18-2/h4-10,18H,11-12H2,1-3H3. The maximum atomic E-state index is 5.95. The normalized spacial score (nSPS) is 10.3. The Morgan fingerprint density at radius 2 is 1.80 bits per heavy atom. The monoisotopic (exact) mass is 271 g/mol. The summed E-state index contributed by atoms with van der Waals surface area (Å²) in [4.78, 5) is 0. The quantitative estimate of drug-likeness (QED) is 0.874. The Hall–Kier alpha value is -2.00. The molecule has 0 unspecified atom stereocenters. The van der Waals surface area contributed by atoms with Gasteiger partial charge in [-0.3, -0.25) is 0 Å². The van der Waals surface area contributed by atoms with Crippen molar-refractivity contribution in [3.8, 4) is 11.5 Å². The Kier molecular flexibility index (Phi) is 5.02. The highest BCUT2D eigenvalue weighted by atomic mass is 16.5. The van der Waals surface area contributed by atoms with E-state index in [0.29, 0.717) is 6.61 Å². The largest absolute Gasteiger partial charge is 0.496 e. The molecule has 0 saturated carbocycles. The first kappa shape index (κ1) is 14.4. The summed E-state index contributed by atoms with van der Waals surface area (Å²) in [6, 6.07) is 14.2. The average Bonchev–Trinajstić information content (AvgIpc) is 2.47. The molecule has 3 nitrogen and oxygen atoms in total. The van der Waals surface area contributed by atoms with Crippen LogP contribution in [0.25, 0.3) is 0 Å². The number of nitrogens with one attached hydrogen (secondary N) is 1. The molecule has 0 aliphatic rings. The van der Waals surface area contributed by atoms with Crippen molar-refractivity contribution in [3.05, 3.63) is 59.2 Å².